The van der Waals surface area contributed by atoms with Crippen LogP contribution in [-0.4, -0.2) is 29.3 Å². The van der Waals surface area contributed by atoms with Gasteiger partial charge >= 0.3 is 12.4 Å². The van der Waals surface area contributed by atoms with Gasteiger partial charge in [-0.25, -0.2) is 0 Å². The molecule has 2 heterocycles. The van der Waals surface area contributed by atoms with E-state index in [1.165, 1.54) is 25.1 Å². The number of nitrogens with one attached hydrogen (secondary N) is 1. The molecule has 0 radical (unpaired) electrons. The molecule has 1 amide bonds. The molecular formula is C22H19F6NO3. The summed E-state index contributed by atoms with van der Waals surface area (Å²) in [5.74, 6) is -2.52. The predicted octanol–water partition coefficient (Wildman–Crippen LogP) is 4.90. The largest absolute Gasteiger partial charge is 0.416 e. The van der Waals surface area contributed by atoms with Crippen LogP contribution >= 0.6 is 0 Å². The molecule has 0 aromatic heterocycles. The third-order valence-corrected chi connectivity index (χ3v) is 5.90. The van der Waals surface area contributed by atoms with Crippen LogP contribution in [0.1, 0.15) is 34.6 Å². The summed E-state index contributed by atoms with van der Waals surface area (Å²) < 4.78 is 84.6. The molecule has 2 saturated heterocycles. The first-order valence-corrected chi connectivity index (χ1v) is 9.85. The molecule has 2 aromatic carbocycles. The minimum Gasteiger partial charge on any atom is -0.390 e. The van der Waals surface area contributed by atoms with Crippen molar-refractivity contribution in [1.29, 1.82) is 0 Å². The van der Waals surface area contributed by atoms with E-state index in [9.17, 15) is 36.2 Å². The molecule has 2 N–H and O–H groups in total. The summed E-state index contributed by atoms with van der Waals surface area (Å²) in [6.07, 6.45) is -11.7. The Morgan fingerprint density at radius 3 is 2.38 bits per heavy atom. The lowest BCUT2D eigenvalue weighted by Crippen LogP contribution is -2.41. The molecule has 2 fully saturated rings. The lowest BCUT2D eigenvalue weighted by atomic mass is 9.73. The third kappa shape index (κ3) is 4.21. The second-order valence-electron chi connectivity index (χ2n) is 8.19. The first kappa shape index (κ1) is 22.6. The van der Waals surface area contributed by atoms with Crippen molar-refractivity contribution in [3.8, 4) is 0 Å². The number of alkyl halides is 6. The van der Waals surface area contributed by atoms with Crippen LogP contribution in [0.3, 0.4) is 0 Å². The average Bonchev–Trinajstić information content (AvgIpc) is 3.23. The van der Waals surface area contributed by atoms with Crippen LogP contribution in [0, 0.1) is 12.8 Å². The number of ether oxygens (including phenoxy) is 1. The van der Waals surface area contributed by atoms with Gasteiger partial charge in [-0.05, 0) is 42.3 Å². The Balaban J connectivity index is 1.65. The number of halogens is 6. The summed E-state index contributed by atoms with van der Waals surface area (Å²) in [5.41, 5.74) is -1.45. The Kier molecular flexibility index (Phi) is 5.49. The van der Waals surface area contributed by atoms with E-state index in [2.05, 4.69) is 5.32 Å². The van der Waals surface area contributed by atoms with Gasteiger partial charge in [-0.1, -0.05) is 18.2 Å². The van der Waals surface area contributed by atoms with E-state index in [0.717, 1.165) is 24.3 Å². The van der Waals surface area contributed by atoms with Gasteiger partial charge in [0.1, 0.15) is 0 Å². The number of aryl methyl sites for hydroxylation is 1. The molecule has 5 atom stereocenters. The monoisotopic (exact) mass is 459 g/mol. The van der Waals surface area contributed by atoms with Crippen LogP contribution in [0.15, 0.2) is 42.5 Å². The summed E-state index contributed by atoms with van der Waals surface area (Å²) in [5, 5.41) is 12.7. The fourth-order valence-corrected chi connectivity index (χ4v) is 4.61. The maximum Gasteiger partial charge on any atom is 0.416 e. The molecule has 4 rings (SSSR count). The molecule has 2 bridgehead atoms. The minimum atomic E-state index is -4.61. The SMILES string of the molecule is Cc1cc(NC(=O)[C@@H]2[C@@H](c3cccc(C(F)(F)F)c3)[C@H]3O[C@@H]2C[C@@H]3O)cc(C(F)(F)F)c1. The van der Waals surface area contributed by atoms with Crippen LogP contribution in [0.25, 0.3) is 0 Å². The summed E-state index contributed by atoms with van der Waals surface area (Å²) in [7, 11) is 0. The minimum absolute atomic E-state index is 0.0755. The van der Waals surface area contributed by atoms with Crippen molar-refractivity contribution in [3.63, 3.8) is 0 Å². The van der Waals surface area contributed by atoms with E-state index < -0.39 is 59.5 Å². The molecule has 172 valence electrons. The van der Waals surface area contributed by atoms with Gasteiger partial charge < -0.3 is 15.2 Å². The van der Waals surface area contributed by atoms with E-state index in [-0.39, 0.29) is 23.2 Å². The highest BCUT2D eigenvalue weighted by Gasteiger charge is 2.57. The van der Waals surface area contributed by atoms with Crippen LogP contribution in [0.2, 0.25) is 0 Å². The number of carbonyl (C=O) groups is 1. The van der Waals surface area contributed by atoms with Gasteiger partial charge in [0.25, 0.3) is 0 Å². The second-order valence-corrected chi connectivity index (χ2v) is 8.19. The normalized spacial score (nSPS) is 27.6. The van der Waals surface area contributed by atoms with Gasteiger partial charge in [0, 0.05) is 18.0 Å². The number of rotatable bonds is 3. The Bertz CT molecular complexity index is 1040. The molecule has 10 heteroatoms. The zero-order chi connectivity index (χ0) is 23.4. The number of aliphatic hydroxyl groups is 1. The molecule has 0 spiro atoms. The molecule has 2 aliphatic heterocycles. The molecule has 4 nitrogen and oxygen atoms in total. The molecule has 2 aromatic rings. The van der Waals surface area contributed by atoms with E-state index in [1.54, 1.807) is 0 Å². The standard InChI is InChI=1S/C22H19F6NO3/c1-10-5-13(22(26,27)28)8-14(6-10)29-20(31)18-16-9-15(30)19(32-16)17(18)11-3-2-4-12(7-11)21(23,24)25/h2-8,15-19,30H,9H2,1H3,(H,29,31)/t15-,16+,17+,18-,19-/m0/s1. The fourth-order valence-electron chi connectivity index (χ4n) is 4.61. The lowest BCUT2D eigenvalue weighted by Gasteiger charge is -2.30. The van der Waals surface area contributed by atoms with Gasteiger partial charge in [-0.15, -0.1) is 0 Å². The molecular weight excluding hydrogens is 440 g/mol. The van der Waals surface area contributed by atoms with E-state index in [1.807, 2.05) is 0 Å². The van der Waals surface area contributed by atoms with Crippen molar-refractivity contribution in [3.05, 3.63) is 64.7 Å². The third-order valence-electron chi connectivity index (χ3n) is 5.90. The maximum atomic E-state index is 13.2. The Hall–Kier alpha value is -2.59. The maximum absolute atomic E-state index is 13.2. The number of amides is 1. The van der Waals surface area contributed by atoms with Crippen LogP contribution in [0.4, 0.5) is 32.0 Å². The lowest BCUT2D eigenvalue weighted by molar-refractivity contribution is -0.138. The predicted molar refractivity (Wildman–Crippen MR) is 102 cm³/mol. The zero-order valence-corrected chi connectivity index (χ0v) is 16.7. The van der Waals surface area contributed by atoms with Crippen LogP contribution < -0.4 is 5.32 Å². The summed E-state index contributed by atoms with van der Waals surface area (Å²) in [6, 6.07) is 7.55. The Morgan fingerprint density at radius 1 is 1.03 bits per heavy atom. The number of aliphatic hydroxyl groups excluding tert-OH is 1. The van der Waals surface area contributed by atoms with Gasteiger partial charge in [0.15, 0.2) is 0 Å². The van der Waals surface area contributed by atoms with Gasteiger partial charge in [0.05, 0.1) is 35.4 Å². The molecule has 0 saturated carbocycles. The smallest absolute Gasteiger partial charge is 0.390 e. The van der Waals surface area contributed by atoms with Crippen molar-refractivity contribution in [1.82, 2.24) is 0 Å². The summed E-state index contributed by atoms with van der Waals surface area (Å²) >= 11 is 0. The van der Waals surface area contributed by atoms with E-state index >= 15 is 0 Å². The van der Waals surface area contributed by atoms with Gasteiger partial charge in [-0.3, -0.25) is 4.79 Å². The van der Waals surface area contributed by atoms with E-state index in [4.69, 9.17) is 4.74 Å². The van der Waals surface area contributed by atoms with Crippen molar-refractivity contribution in [2.24, 2.45) is 5.92 Å². The number of fused-ring (bicyclic) bond motifs is 2. The first-order valence-electron chi connectivity index (χ1n) is 9.85. The van der Waals surface area contributed by atoms with Gasteiger partial charge in [-0.2, -0.15) is 26.3 Å². The molecule has 2 aliphatic rings. The quantitative estimate of drug-likeness (QED) is 0.642. The highest BCUT2D eigenvalue weighted by atomic mass is 19.4. The Morgan fingerprint density at radius 2 is 1.72 bits per heavy atom. The zero-order valence-electron chi connectivity index (χ0n) is 16.7. The average molecular weight is 459 g/mol. The van der Waals surface area contributed by atoms with Crippen molar-refractivity contribution in [2.75, 3.05) is 5.32 Å². The molecule has 0 aliphatic carbocycles. The second kappa shape index (κ2) is 7.77. The number of hydrogen-bond donors (Lipinski definition) is 2. The topological polar surface area (TPSA) is 58.6 Å². The highest BCUT2D eigenvalue weighted by Crippen LogP contribution is 2.50. The number of hydrogen-bond acceptors (Lipinski definition) is 3. The Labute approximate surface area is 179 Å². The van der Waals surface area contributed by atoms with Gasteiger partial charge in [0.2, 0.25) is 5.91 Å². The number of carbonyl (C=O) groups excluding carboxylic acids is 1. The van der Waals surface area contributed by atoms with Crippen LogP contribution in [-0.2, 0) is 21.9 Å². The number of benzene rings is 2. The van der Waals surface area contributed by atoms with Crippen LogP contribution in [0.5, 0.6) is 0 Å². The van der Waals surface area contributed by atoms with Crippen molar-refractivity contribution < 1.29 is 41.0 Å². The number of anilines is 1. The molecule has 32 heavy (non-hydrogen) atoms. The molecule has 0 unspecified atom stereocenters. The highest BCUT2D eigenvalue weighted by molar-refractivity contribution is 5.94. The van der Waals surface area contributed by atoms with E-state index in [0.29, 0.717) is 0 Å². The summed E-state index contributed by atoms with van der Waals surface area (Å²) in [4.78, 5) is 13.1. The summed E-state index contributed by atoms with van der Waals surface area (Å²) in [6.45, 7) is 1.45. The fraction of sp³-hybridized carbons (Fsp3) is 0.409. The van der Waals surface area contributed by atoms with Crippen molar-refractivity contribution >= 4 is 11.6 Å². The first-order chi connectivity index (χ1) is 14.8. The van der Waals surface area contributed by atoms with Crippen molar-refractivity contribution in [2.45, 2.75) is 49.9 Å².